The number of nitrogens with zero attached hydrogens (tertiary/aromatic N) is 2. The molecule has 0 aliphatic carbocycles. The van der Waals surface area contributed by atoms with Crippen LogP contribution in [-0.2, 0) is 9.53 Å². The zero-order valence-corrected chi connectivity index (χ0v) is 11.9. The average Bonchev–Trinajstić information content (AvgIpc) is 2.53. The molecule has 1 aromatic carbocycles. The fourth-order valence-corrected chi connectivity index (χ4v) is 1.98. The molecule has 0 saturated heterocycles. The van der Waals surface area contributed by atoms with E-state index in [1.807, 2.05) is 61.3 Å². The molecule has 1 aromatic heterocycles. The fraction of sp³-hybridized carbons (Fsp3) is 0.250. The number of rotatable bonds is 4. The van der Waals surface area contributed by atoms with Gasteiger partial charge in [-0.15, -0.1) is 0 Å². The molecule has 4 nitrogen and oxygen atoms in total. The molecule has 0 saturated carbocycles. The molecule has 0 N–H and O–H groups in total. The standard InChI is InChI=1S/C16H18N2O2/c1-12(16(19)20-3)13-7-9-14(10-8-13)18(2)15-6-4-5-11-17-15/h4-12H,1-3H3. The Morgan fingerprint density at radius 2 is 1.90 bits per heavy atom. The van der Waals surface area contributed by atoms with Gasteiger partial charge in [0.1, 0.15) is 5.82 Å². The van der Waals surface area contributed by atoms with Crippen LogP contribution in [0.25, 0.3) is 0 Å². The number of benzene rings is 1. The Balaban J connectivity index is 2.18. The van der Waals surface area contributed by atoms with E-state index in [9.17, 15) is 4.79 Å². The van der Waals surface area contributed by atoms with Gasteiger partial charge in [-0.05, 0) is 36.8 Å². The molecule has 2 aromatic rings. The van der Waals surface area contributed by atoms with Crippen molar-refractivity contribution >= 4 is 17.5 Å². The fourth-order valence-electron chi connectivity index (χ4n) is 1.98. The number of esters is 1. The van der Waals surface area contributed by atoms with Gasteiger partial charge in [0.15, 0.2) is 0 Å². The number of pyridine rings is 1. The Labute approximate surface area is 119 Å². The lowest BCUT2D eigenvalue weighted by Gasteiger charge is -2.19. The van der Waals surface area contributed by atoms with Crippen molar-refractivity contribution in [3.63, 3.8) is 0 Å². The smallest absolute Gasteiger partial charge is 0.312 e. The second-order valence-corrected chi connectivity index (χ2v) is 4.58. The van der Waals surface area contributed by atoms with Gasteiger partial charge in [0.05, 0.1) is 13.0 Å². The van der Waals surface area contributed by atoms with Crippen LogP contribution in [0.4, 0.5) is 11.5 Å². The van der Waals surface area contributed by atoms with Crippen molar-refractivity contribution in [1.29, 1.82) is 0 Å². The highest BCUT2D eigenvalue weighted by Crippen LogP contribution is 2.24. The van der Waals surface area contributed by atoms with Crippen molar-refractivity contribution in [2.75, 3.05) is 19.1 Å². The van der Waals surface area contributed by atoms with Gasteiger partial charge >= 0.3 is 5.97 Å². The summed E-state index contributed by atoms with van der Waals surface area (Å²) in [5.74, 6) is 0.395. The molecule has 0 radical (unpaired) electrons. The Kier molecular flexibility index (Phi) is 4.35. The summed E-state index contributed by atoms with van der Waals surface area (Å²) in [4.78, 5) is 17.8. The Morgan fingerprint density at radius 1 is 1.20 bits per heavy atom. The Morgan fingerprint density at radius 3 is 2.45 bits per heavy atom. The Bertz CT molecular complexity index is 567. The lowest BCUT2D eigenvalue weighted by molar-refractivity contribution is -0.141. The van der Waals surface area contributed by atoms with Crippen LogP contribution >= 0.6 is 0 Å². The molecule has 1 atom stereocenters. The molecule has 0 fully saturated rings. The maximum atomic E-state index is 11.5. The first-order chi connectivity index (χ1) is 9.63. The molecule has 4 heteroatoms. The average molecular weight is 270 g/mol. The molecule has 0 amide bonds. The third kappa shape index (κ3) is 2.96. The topological polar surface area (TPSA) is 42.4 Å². The lowest BCUT2D eigenvalue weighted by atomic mass is 10.0. The summed E-state index contributed by atoms with van der Waals surface area (Å²) < 4.78 is 4.75. The van der Waals surface area contributed by atoms with Gasteiger partial charge in [0, 0.05) is 18.9 Å². The second-order valence-electron chi connectivity index (χ2n) is 4.58. The highest BCUT2D eigenvalue weighted by Gasteiger charge is 2.15. The SMILES string of the molecule is COC(=O)C(C)c1ccc(N(C)c2ccccn2)cc1. The summed E-state index contributed by atoms with van der Waals surface area (Å²) >= 11 is 0. The first-order valence-electron chi connectivity index (χ1n) is 6.46. The highest BCUT2D eigenvalue weighted by atomic mass is 16.5. The number of ether oxygens (including phenoxy) is 1. The molecule has 0 aliphatic heterocycles. The number of anilines is 2. The van der Waals surface area contributed by atoms with E-state index in [-0.39, 0.29) is 11.9 Å². The van der Waals surface area contributed by atoms with Crippen LogP contribution in [0, 0.1) is 0 Å². The first kappa shape index (κ1) is 14.1. The Hall–Kier alpha value is -2.36. The summed E-state index contributed by atoms with van der Waals surface area (Å²) in [5, 5.41) is 0. The van der Waals surface area contributed by atoms with Crippen LogP contribution in [0.5, 0.6) is 0 Å². The highest BCUT2D eigenvalue weighted by molar-refractivity contribution is 5.77. The van der Waals surface area contributed by atoms with Crippen LogP contribution in [0.3, 0.4) is 0 Å². The van der Waals surface area contributed by atoms with Gasteiger partial charge in [-0.2, -0.15) is 0 Å². The number of methoxy groups -OCH3 is 1. The molecule has 0 bridgehead atoms. The van der Waals surface area contributed by atoms with E-state index in [2.05, 4.69) is 4.98 Å². The van der Waals surface area contributed by atoms with Crippen LogP contribution in [0.1, 0.15) is 18.4 Å². The van der Waals surface area contributed by atoms with Crippen LogP contribution in [0.2, 0.25) is 0 Å². The third-order valence-electron chi connectivity index (χ3n) is 3.33. The molecule has 104 valence electrons. The minimum Gasteiger partial charge on any atom is -0.469 e. The number of hydrogen-bond donors (Lipinski definition) is 0. The van der Waals surface area contributed by atoms with E-state index in [1.54, 1.807) is 6.20 Å². The molecular formula is C16H18N2O2. The summed E-state index contributed by atoms with van der Waals surface area (Å²) in [5.41, 5.74) is 1.96. The van der Waals surface area contributed by atoms with Gasteiger partial charge in [-0.1, -0.05) is 18.2 Å². The van der Waals surface area contributed by atoms with E-state index in [0.29, 0.717) is 0 Å². The number of carbonyl (C=O) groups excluding carboxylic acids is 1. The maximum absolute atomic E-state index is 11.5. The molecule has 20 heavy (non-hydrogen) atoms. The summed E-state index contributed by atoms with van der Waals surface area (Å²) in [7, 11) is 3.36. The van der Waals surface area contributed by atoms with Crippen molar-refractivity contribution < 1.29 is 9.53 Å². The van der Waals surface area contributed by atoms with Crippen molar-refractivity contribution in [2.24, 2.45) is 0 Å². The monoisotopic (exact) mass is 270 g/mol. The number of carbonyl (C=O) groups is 1. The molecule has 0 spiro atoms. The van der Waals surface area contributed by atoms with E-state index >= 15 is 0 Å². The summed E-state index contributed by atoms with van der Waals surface area (Å²) in [6, 6.07) is 13.6. The van der Waals surface area contributed by atoms with Crippen molar-refractivity contribution in [1.82, 2.24) is 4.98 Å². The number of aromatic nitrogens is 1. The van der Waals surface area contributed by atoms with Crippen molar-refractivity contribution in [3.05, 3.63) is 54.2 Å². The molecular weight excluding hydrogens is 252 g/mol. The van der Waals surface area contributed by atoms with Gasteiger partial charge in [-0.25, -0.2) is 4.98 Å². The molecule has 2 rings (SSSR count). The minimum atomic E-state index is -0.255. The largest absolute Gasteiger partial charge is 0.469 e. The zero-order valence-electron chi connectivity index (χ0n) is 11.9. The van der Waals surface area contributed by atoms with Crippen LogP contribution in [-0.4, -0.2) is 25.1 Å². The van der Waals surface area contributed by atoms with Crippen molar-refractivity contribution in [2.45, 2.75) is 12.8 Å². The van der Waals surface area contributed by atoms with E-state index < -0.39 is 0 Å². The molecule has 1 unspecified atom stereocenters. The van der Waals surface area contributed by atoms with E-state index in [1.165, 1.54) is 7.11 Å². The summed E-state index contributed by atoms with van der Waals surface area (Å²) in [6.07, 6.45) is 1.76. The van der Waals surface area contributed by atoms with Gasteiger partial charge < -0.3 is 9.64 Å². The predicted octanol–water partition coefficient (Wildman–Crippen LogP) is 3.13. The lowest BCUT2D eigenvalue weighted by Crippen LogP contribution is -2.12. The third-order valence-corrected chi connectivity index (χ3v) is 3.33. The quantitative estimate of drug-likeness (QED) is 0.800. The van der Waals surface area contributed by atoms with Gasteiger partial charge in [0.2, 0.25) is 0 Å². The first-order valence-corrected chi connectivity index (χ1v) is 6.46. The molecule has 1 heterocycles. The second kappa shape index (κ2) is 6.19. The minimum absolute atomic E-state index is 0.226. The number of hydrogen-bond acceptors (Lipinski definition) is 4. The van der Waals surface area contributed by atoms with E-state index in [0.717, 1.165) is 17.1 Å². The van der Waals surface area contributed by atoms with Crippen LogP contribution in [0.15, 0.2) is 48.7 Å². The van der Waals surface area contributed by atoms with Crippen LogP contribution < -0.4 is 4.90 Å². The zero-order chi connectivity index (χ0) is 14.5. The summed E-state index contributed by atoms with van der Waals surface area (Å²) in [6.45, 7) is 1.84. The predicted molar refractivity (Wildman–Crippen MR) is 79.2 cm³/mol. The normalized spacial score (nSPS) is 11.8. The maximum Gasteiger partial charge on any atom is 0.312 e. The van der Waals surface area contributed by atoms with Crippen molar-refractivity contribution in [3.8, 4) is 0 Å². The van der Waals surface area contributed by atoms with E-state index in [4.69, 9.17) is 4.74 Å². The van der Waals surface area contributed by atoms with Gasteiger partial charge in [-0.3, -0.25) is 4.79 Å². The van der Waals surface area contributed by atoms with Gasteiger partial charge in [0.25, 0.3) is 0 Å². The molecule has 0 aliphatic rings.